The topological polar surface area (TPSA) is 71.5 Å². The Kier molecular flexibility index (Phi) is 4.68. The van der Waals surface area contributed by atoms with Crippen molar-refractivity contribution in [2.24, 2.45) is 0 Å². The Balaban J connectivity index is 1.95. The van der Waals surface area contributed by atoms with Crippen molar-refractivity contribution in [3.63, 3.8) is 0 Å². The molecule has 0 fully saturated rings. The number of ether oxygens (including phenoxy) is 1. The number of nitrogens with one attached hydrogen (secondary N) is 1. The molecule has 0 radical (unpaired) electrons. The van der Waals surface area contributed by atoms with Gasteiger partial charge in [0.15, 0.2) is 0 Å². The highest BCUT2D eigenvalue weighted by atomic mass is 16.5. The highest BCUT2D eigenvalue weighted by Gasteiger charge is 2.09. The number of carbonyl (C=O) groups is 1. The molecular weight excluding hydrogens is 256 g/mol. The van der Waals surface area contributed by atoms with Crippen molar-refractivity contribution in [2.45, 2.75) is 20.1 Å². The van der Waals surface area contributed by atoms with Crippen LogP contribution in [0.4, 0.5) is 10.5 Å². The van der Waals surface area contributed by atoms with Crippen molar-refractivity contribution in [2.75, 3.05) is 5.32 Å². The summed E-state index contributed by atoms with van der Waals surface area (Å²) in [5.74, 6) is 0. The molecule has 0 spiro atoms. The number of anilines is 1. The van der Waals surface area contributed by atoms with Gasteiger partial charge in [0.2, 0.25) is 0 Å². The maximum atomic E-state index is 11.7. The fourth-order valence-electron chi connectivity index (χ4n) is 1.74. The molecule has 104 valence electrons. The van der Waals surface area contributed by atoms with Crippen LogP contribution in [0.5, 0.6) is 0 Å². The molecule has 0 bridgehead atoms. The summed E-state index contributed by atoms with van der Waals surface area (Å²) in [5.41, 5.74) is 2.77. The van der Waals surface area contributed by atoms with Crippen molar-refractivity contribution < 1.29 is 14.6 Å². The third-order valence-corrected chi connectivity index (χ3v) is 2.91. The Morgan fingerprint density at radius 1 is 1.30 bits per heavy atom. The lowest BCUT2D eigenvalue weighted by Crippen LogP contribution is -2.15. The maximum absolute atomic E-state index is 11.7. The van der Waals surface area contributed by atoms with E-state index in [9.17, 15) is 4.79 Å². The van der Waals surface area contributed by atoms with Gasteiger partial charge in [-0.15, -0.1) is 0 Å². The summed E-state index contributed by atoms with van der Waals surface area (Å²) >= 11 is 0. The molecule has 2 N–H and O–H groups in total. The van der Waals surface area contributed by atoms with E-state index >= 15 is 0 Å². The molecule has 0 atom stereocenters. The second kappa shape index (κ2) is 6.68. The van der Waals surface area contributed by atoms with E-state index < -0.39 is 6.09 Å². The quantitative estimate of drug-likeness (QED) is 0.897. The number of nitrogens with zero attached hydrogens (tertiary/aromatic N) is 1. The molecule has 1 aromatic carbocycles. The van der Waals surface area contributed by atoms with Crippen LogP contribution in [0, 0.1) is 6.92 Å². The fourth-order valence-corrected chi connectivity index (χ4v) is 1.74. The lowest BCUT2D eigenvalue weighted by molar-refractivity contribution is 0.155. The Bertz CT molecular complexity index is 585. The van der Waals surface area contributed by atoms with Crippen molar-refractivity contribution in [1.82, 2.24) is 4.98 Å². The first-order chi connectivity index (χ1) is 9.70. The Morgan fingerprint density at radius 2 is 2.05 bits per heavy atom. The zero-order valence-corrected chi connectivity index (χ0v) is 11.2. The molecule has 0 aliphatic carbocycles. The smallest absolute Gasteiger partial charge is 0.411 e. The molecule has 1 amide bonds. The van der Waals surface area contributed by atoms with E-state index in [0.29, 0.717) is 11.4 Å². The van der Waals surface area contributed by atoms with Crippen LogP contribution in [0.15, 0.2) is 42.6 Å². The number of carbonyl (C=O) groups excluding carboxylic acids is 1. The van der Waals surface area contributed by atoms with Gasteiger partial charge in [-0.05, 0) is 24.1 Å². The molecule has 2 rings (SSSR count). The first-order valence-corrected chi connectivity index (χ1v) is 6.23. The second-order valence-corrected chi connectivity index (χ2v) is 4.28. The summed E-state index contributed by atoms with van der Waals surface area (Å²) in [7, 11) is 0. The molecule has 1 heterocycles. The number of rotatable bonds is 4. The average molecular weight is 272 g/mol. The third kappa shape index (κ3) is 3.55. The van der Waals surface area contributed by atoms with Gasteiger partial charge in [-0.1, -0.05) is 30.3 Å². The van der Waals surface area contributed by atoms with Crippen LogP contribution >= 0.6 is 0 Å². The minimum Gasteiger partial charge on any atom is -0.444 e. The number of benzene rings is 1. The fraction of sp³-hybridized carbons (Fsp3) is 0.200. The van der Waals surface area contributed by atoms with Crippen LogP contribution in [0.2, 0.25) is 0 Å². The largest absolute Gasteiger partial charge is 0.444 e. The number of hydrogen-bond acceptors (Lipinski definition) is 4. The summed E-state index contributed by atoms with van der Waals surface area (Å²) < 4.78 is 5.13. The summed E-state index contributed by atoms with van der Waals surface area (Å²) in [5, 5.41) is 11.8. The van der Waals surface area contributed by atoms with Gasteiger partial charge in [0.1, 0.15) is 6.61 Å². The van der Waals surface area contributed by atoms with Crippen LogP contribution in [-0.4, -0.2) is 16.2 Å². The SMILES string of the molecule is Cc1c(NC(=O)OCc2ccccc2)ccnc1CO. The van der Waals surface area contributed by atoms with Crippen LogP contribution in [0.3, 0.4) is 0 Å². The van der Waals surface area contributed by atoms with Crippen LogP contribution in [0.25, 0.3) is 0 Å². The highest BCUT2D eigenvalue weighted by molar-refractivity contribution is 5.85. The number of amides is 1. The summed E-state index contributed by atoms with van der Waals surface area (Å²) in [4.78, 5) is 15.7. The van der Waals surface area contributed by atoms with E-state index in [1.165, 1.54) is 6.20 Å². The molecule has 20 heavy (non-hydrogen) atoms. The molecule has 0 saturated carbocycles. The second-order valence-electron chi connectivity index (χ2n) is 4.28. The molecule has 0 unspecified atom stereocenters. The van der Waals surface area contributed by atoms with Crippen LogP contribution < -0.4 is 5.32 Å². The number of aliphatic hydroxyl groups excluding tert-OH is 1. The van der Waals surface area contributed by atoms with E-state index in [0.717, 1.165) is 11.1 Å². The van der Waals surface area contributed by atoms with Crippen molar-refractivity contribution in [3.05, 3.63) is 59.4 Å². The summed E-state index contributed by atoms with van der Waals surface area (Å²) in [6.07, 6.45) is 0.998. The number of hydrogen-bond donors (Lipinski definition) is 2. The van der Waals surface area contributed by atoms with E-state index in [1.54, 1.807) is 13.0 Å². The lowest BCUT2D eigenvalue weighted by atomic mass is 10.2. The van der Waals surface area contributed by atoms with Gasteiger partial charge in [0.25, 0.3) is 0 Å². The van der Waals surface area contributed by atoms with Crippen LogP contribution in [0.1, 0.15) is 16.8 Å². The van der Waals surface area contributed by atoms with Gasteiger partial charge in [0.05, 0.1) is 18.0 Å². The molecule has 5 heteroatoms. The third-order valence-electron chi connectivity index (χ3n) is 2.91. The lowest BCUT2D eigenvalue weighted by Gasteiger charge is -2.11. The standard InChI is InChI=1S/C15H16N2O3/c1-11-13(7-8-16-14(11)9-18)17-15(19)20-10-12-5-3-2-4-6-12/h2-8,18H,9-10H2,1H3,(H,16,17,19). The zero-order valence-electron chi connectivity index (χ0n) is 11.2. The van der Waals surface area contributed by atoms with Crippen LogP contribution in [-0.2, 0) is 18.0 Å². The minimum absolute atomic E-state index is 0.166. The zero-order chi connectivity index (χ0) is 14.4. The Hall–Kier alpha value is -2.40. The monoisotopic (exact) mass is 272 g/mol. The summed E-state index contributed by atoms with van der Waals surface area (Å²) in [6, 6.07) is 11.1. The Morgan fingerprint density at radius 3 is 2.75 bits per heavy atom. The van der Waals surface area contributed by atoms with Gasteiger partial charge in [0, 0.05) is 6.20 Å². The molecular formula is C15H16N2O3. The Labute approximate surface area is 117 Å². The number of aliphatic hydroxyl groups is 1. The van der Waals surface area contributed by atoms with E-state index in [2.05, 4.69) is 10.3 Å². The van der Waals surface area contributed by atoms with Crippen molar-refractivity contribution in [1.29, 1.82) is 0 Å². The van der Waals surface area contributed by atoms with E-state index in [4.69, 9.17) is 9.84 Å². The highest BCUT2D eigenvalue weighted by Crippen LogP contribution is 2.17. The van der Waals surface area contributed by atoms with Crippen molar-refractivity contribution >= 4 is 11.8 Å². The van der Waals surface area contributed by atoms with Gasteiger partial charge in [-0.2, -0.15) is 0 Å². The minimum atomic E-state index is -0.535. The molecule has 0 aliphatic rings. The van der Waals surface area contributed by atoms with E-state index in [-0.39, 0.29) is 13.2 Å². The normalized spacial score (nSPS) is 10.1. The molecule has 0 aliphatic heterocycles. The number of aromatic nitrogens is 1. The first-order valence-electron chi connectivity index (χ1n) is 6.23. The van der Waals surface area contributed by atoms with Gasteiger partial charge >= 0.3 is 6.09 Å². The average Bonchev–Trinajstić information content (AvgIpc) is 2.48. The van der Waals surface area contributed by atoms with Gasteiger partial charge < -0.3 is 9.84 Å². The maximum Gasteiger partial charge on any atom is 0.411 e. The van der Waals surface area contributed by atoms with Crippen molar-refractivity contribution in [3.8, 4) is 0 Å². The predicted octanol–water partition coefficient (Wildman–Crippen LogP) is 2.63. The first kappa shape index (κ1) is 14.0. The van der Waals surface area contributed by atoms with E-state index in [1.807, 2.05) is 30.3 Å². The molecule has 5 nitrogen and oxygen atoms in total. The van der Waals surface area contributed by atoms with Gasteiger partial charge in [-0.3, -0.25) is 10.3 Å². The number of pyridine rings is 1. The summed E-state index contributed by atoms with van der Waals surface area (Å²) in [6.45, 7) is 1.83. The van der Waals surface area contributed by atoms with Gasteiger partial charge in [-0.25, -0.2) is 4.79 Å². The predicted molar refractivity (Wildman–Crippen MR) is 75.1 cm³/mol. The molecule has 1 aromatic heterocycles. The molecule has 2 aromatic rings. The molecule has 0 saturated heterocycles.